The number of halogens is 4. The van der Waals surface area contributed by atoms with Crippen LogP contribution in [0, 0.1) is 18.3 Å². The Morgan fingerprint density at radius 2 is 1.70 bits per heavy atom. The highest BCUT2D eigenvalue weighted by Gasteiger charge is 2.41. The molecule has 4 heterocycles. The number of amides is 1. The van der Waals surface area contributed by atoms with Crippen molar-refractivity contribution < 1.29 is 37.3 Å². The van der Waals surface area contributed by atoms with Crippen molar-refractivity contribution in [3.05, 3.63) is 94.3 Å². The molecule has 56 heavy (non-hydrogen) atoms. The topological polar surface area (TPSA) is 137 Å². The van der Waals surface area contributed by atoms with Crippen molar-refractivity contribution in [3.8, 4) is 34.6 Å². The van der Waals surface area contributed by atoms with Crippen molar-refractivity contribution in [1.29, 1.82) is 5.26 Å². The summed E-state index contributed by atoms with van der Waals surface area (Å²) < 4.78 is 62.3. The van der Waals surface area contributed by atoms with Gasteiger partial charge in [0.2, 0.25) is 0 Å². The van der Waals surface area contributed by atoms with E-state index in [0.29, 0.717) is 42.2 Å². The zero-order valence-corrected chi connectivity index (χ0v) is 31.4. The molecular weight excluding hydrogens is 751 g/mol. The fourth-order valence-corrected chi connectivity index (χ4v) is 7.75. The third kappa shape index (κ3) is 7.48. The van der Waals surface area contributed by atoms with Gasteiger partial charge in [0, 0.05) is 31.7 Å². The third-order valence-corrected chi connectivity index (χ3v) is 10.5. The minimum absolute atomic E-state index is 0.00672. The number of rotatable bonds is 10. The summed E-state index contributed by atoms with van der Waals surface area (Å²) in [6.45, 7) is 2.36. The summed E-state index contributed by atoms with van der Waals surface area (Å²) in [5, 5.41) is 19.7. The molecule has 1 saturated heterocycles. The smallest absolute Gasteiger partial charge is 0.418 e. The Kier molecular flexibility index (Phi) is 10.7. The lowest BCUT2D eigenvalue weighted by atomic mass is 9.98. The zero-order valence-electron chi connectivity index (χ0n) is 30.7. The lowest BCUT2D eigenvalue weighted by molar-refractivity contribution is -0.137. The summed E-state index contributed by atoms with van der Waals surface area (Å²) in [7, 11) is 3.14. The highest BCUT2D eigenvalue weighted by molar-refractivity contribution is 6.36. The van der Waals surface area contributed by atoms with Gasteiger partial charge in [-0.2, -0.15) is 18.4 Å². The maximum Gasteiger partial charge on any atom is 0.418 e. The average Bonchev–Trinajstić information content (AvgIpc) is 3.61. The molecule has 7 rings (SSSR count). The number of carboxylic acid groups (broad SMARTS) is 1. The van der Waals surface area contributed by atoms with Gasteiger partial charge in [-0.25, -0.2) is 19.7 Å². The average molecular weight is 788 g/mol. The number of nitriles is 1. The van der Waals surface area contributed by atoms with Gasteiger partial charge in [-0.05, 0) is 66.4 Å². The van der Waals surface area contributed by atoms with E-state index in [-0.39, 0.29) is 65.4 Å². The van der Waals surface area contributed by atoms with Crippen LogP contribution in [0.2, 0.25) is 5.02 Å². The zero-order chi connectivity index (χ0) is 39.7. The molecule has 0 bridgehead atoms. The van der Waals surface area contributed by atoms with Crippen LogP contribution in [0.5, 0.6) is 17.2 Å². The van der Waals surface area contributed by atoms with Crippen LogP contribution in [-0.4, -0.2) is 77.1 Å². The Balaban J connectivity index is 1.39. The number of likely N-dealkylation sites (tertiary alicyclic amines) is 1. The van der Waals surface area contributed by atoms with Gasteiger partial charge in [0.25, 0.3) is 0 Å². The number of anilines is 2. The molecule has 0 saturated carbocycles. The number of aryl methyl sites for hydroxylation is 1. The SMILES string of the molecule is COc1ccc(CN(Cc2ccc(OC)cc2)c2cc(C)c(C(F)(F)F)c(-c3cc4ncnc5c4c(c3Cl)OC[C@H](CC#N)N5C3CCN(C(=O)O)C3)n2)cc1. The summed E-state index contributed by atoms with van der Waals surface area (Å²) in [4.78, 5) is 30.6. The first-order valence-corrected chi connectivity index (χ1v) is 18.1. The van der Waals surface area contributed by atoms with Gasteiger partial charge in [-0.15, -0.1) is 0 Å². The van der Waals surface area contributed by atoms with E-state index in [9.17, 15) is 15.2 Å². The quantitative estimate of drug-likeness (QED) is 0.147. The van der Waals surface area contributed by atoms with Crippen LogP contribution in [-0.2, 0) is 19.3 Å². The predicted octanol–water partition coefficient (Wildman–Crippen LogP) is 8.13. The largest absolute Gasteiger partial charge is 0.497 e. The second-order valence-electron chi connectivity index (χ2n) is 13.6. The molecule has 12 nitrogen and oxygen atoms in total. The summed E-state index contributed by atoms with van der Waals surface area (Å²) >= 11 is 7.13. The minimum Gasteiger partial charge on any atom is -0.497 e. The lowest BCUT2D eigenvalue weighted by Gasteiger charge is -2.34. The van der Waals surface area contributed by atoms with Gasteiger partial charge >= 0.3 is 12.3 Å². The molecule has 2 atom stereocenters. The Bertz CT molecular complexity index is 2260. The first-order valence-electron chi connectivity index (χ1n) is 17.7. The lowest BCUT2D eigenvalue weighted by Crippen LogP contribution is -2.47. The third-order valence-electron chi connectivity index (χ3n) is 10.1. The van der Waals surface area contributed by atoms with Gasteiger partial charge in [0.1, 0.15) is 36.1 Å². The number of carbonyl (C=O) groups is 1. The second kappa shape index (κ2) is 15.6. The number of pyridine rings is 1. The molecule has 1 unspecified atom stereocenters. The van der Waals surface area contributed by atoms with Gasteiger partial charge in [-0.1, -0.05) is 35.9 Å². The van der Waals surface area contributed by atoms with Gasteiger partial charge < -0.3 is 34.0 Å². The molecule has 1 amide bonds. The molecule has 1 N–H and O–H groups in total. The van der Waals surface area contributed by atoms with Crippen LogP contribution in [0.1, 0.15) is 35.1 Å². The van der Waals surface area contributed by atoms with E-state index in [4.69, 9.17) is 30.8 Å². The Morgan fingerprint density at radius 1 is 1.05 bits per heavy atom. The van der Waals surface area contributed by atoms with Crippen molar-refractivity contribution in [2.24, 2.45) is 0 Å². The fourth-order valence-electron chi connectivity index (χ4n) is 7.45. The molecule has 0 radical (unpaired) electrons. The first kappa shape index (κ1) is 38.3. The number of ether oxygens (including phenoxy) is 3. The van der Waals surface area contributed by atoms with Crippen LogP contribution in [0.25, 0.3) is 22.2 Å². The standard InChI is InChI=1S/C40H37ClF3N7O5/c1-23-16-32(50(18-24-4-8-28(54-2)9-5-24)19-25-6-10-29(55-3)11-7-25)48-36(34(23)40(42,43)44)30-17-31-33-37(35(30)41)56-21-27(12-14-45)51(38(33)47-22-46-31)26-13-15-49(20-26)39(52)53/h4-11,16-17,22,26-27H,12-13,15,18-21H2,1-3H3,(H,52,53)/t26?,27-/m0/s1. The van der Waals surface area contributed by atoms with E-state index < -0.39 is 29.6 Å². The summed E-state index contributed by atoms with van der Waals surface area (Å²) in [6, 6.07) is 18.9. The normalized spacial score (nSPS) is 16.6. The van der Waals surface area contributed by atoms with E-state index >= 15 is 13.2 Å². The molecule has 3 aromatic carbocycles. The highest BCUT2D eigenvalue weighted by Crippen LogP contribution is 2.49. The summed E-state index contributed by atoms with van der Waals surface area (Å²) in [5.74, 6) is 2.00. The number of hydrogen-bond acceptors (Lipinski definition) is 10. The van der Waals surface area contributed by atoms with Crippen LogP contribution >= 0.6 is 11.6 Å². The van der Waals surface area contributed by atoms with Gasteiger partial charge in [0.05, 0.1) is 66.0 Å². The molecule has 2 aliphatic rings. The molecular formula is C40H37ClF3N7O5. The van der Waals surface area contributed by atoms with E-state index in [1.54, 1.807) is 14.2 Å². The molecule has 16 heteroatoms. The second-order valence-corrected chi connectivity index (χ2v) is 14.0. The number of methoxy groups -OCH3 is 2. The molecule has 2 aromatic heterocycles. The van der Waals surface area contributed by atoms with Crippen molar-refractivity contribution in [1.82, 2.24) is 19.9 Å². The van der Waals surface area contributed by atoms with E-state index in [1.165, 1.54) is 30.3 Å². The summed E-state index contributed by atoms with van der Waals surface area (Å²) in [6.07, 6.45) is -4.12. The molecule has 290 valence electrons. The van der Waals surface area contributed by atoms with Crippen molar-refractivity contribution in [3.63, 3.8) is 0 Å². The monoisotopic (exact) mass is 787 g/mol. The highest BCUT2D eigenvalue weighted by atomic mass is 35.5. The molecule has 5 aromatic rings. The van der Waals surface area contributed by atoms with Crippen LogP contribution < -0.4 is 24.0 Å². The van der Waals surface area contributed by atoms with Gasteiger partial charge in [0.15, 0.2) is 5.75 Å². The van der Waals surface area contributed by atoms with E-state index in [2.05, 4.69) is 16.0 Å². The van der Waals surface area contributed by atoms with Crippen molar-refractivity contribution >= 4 is 40.2 Å². The molecule has 2 aliphatic heterocycles. The minimum atomic E-state index is -4.82. The first-order chi connectivity index (χ1) is 26.9. The molecule has 1 fully saturated rings. The number of aromatic nitrogens is 3. The van der Waals surface area contributed by atoms with E-state index in [0.717, 1.165) is 11.1 Å². The maximum atomic E-state index is 15.1. The van der Waals surface area contributed by atoms with Crippen LogP contribution in [0.4, 0.5) is 29.6 Å². The van der Waals surface area contributed by atoms with Gasteiger partial charge in [-0.3, -0.25) is 0 Å². The number of nitrogens with zero attached hydrogens (tertiary/aromatic N) is 7. The Hall–Kier alpha value is -6.01. The van der Waals surface area contributed by atoms with Crippen LogP contribution in [0.15, 0.2) is 67.0 Å². The Morgan fingerprint density at radius 3 is 2.25 bits per heavy atom. The number of alkyl halides is 3. The van der Waals surface area contributed by atoms with Crippen molar-refractivity contribution in [2.45, 2.75) is 51.1 Å². The summed E-state index contributed by atoms with van der Waals surface area (Å²) in [5.41, 5.74) is 0.494. The predicted molar refractivity (Wildman–Crippen MR) is 203 cm³/mol. The fraction of sp³-hybridized carbons (Fsp3) is 0.325. The number of hydrogen-bond donors (Lipinski definition) is 1. The Labute approximate surface area is 325 Å². The van der Waals surface area contributed by atoms with E-state index in [1.807, 2.05) is 58.3 Å². The molecule has 0 spiro atoms. The maximum absolute atomic E-state index is 15.1. The number of benzene rings is 3. The van der Waals surface area contributed by atoms with Crippen molar-refractivity contribution in [2.75, 3.05) is 43.7 Å². The molecule has 0 aliphatic carbocycles. The van der Waals surface area contributed by atoms with Crippen LogP contribution in [0.3, 0.4) is 0 Å².